The molecule has 4 atom stereocenters. The van der Waals surface area contributed by atoms with E-state index in [0.29, 0.717) is 5.56 Å². The molecule has 4 N–H and O–H groups in total. The molecule has 0 spiro atoms. The number of carbonyl (C=O) groups is 4. The van der Waals surface area contributed by atoms with E-state index in [0.717, 1.165) is 38.5 Å². The minimum atomic E-state index is -1.07. The Morgan fingerprint density at radius 2 is 1.70 bits per heavy atom. The summed E-state index contributed by atoms with van der Waals surface area (Å²) in [5.74, 6) is -1.02. The van der Waals surface area contributed by atoms with Gasteiger partial charge in [-0.3, -0.25) is 14.4 Å². The van der Waals surface area contributed by atoms with Gasteiger partial charge in [0, 0.05) is 18.5 Å². The Morgan fingerprint density at radius 1 is 1.08 bits per heavy atom. The summed E-state index contributed by atoms with van der Waals surface area (Å²) in [6.07, 6.45) is 5.04. The van der Waals surface area contributed by atoms with Crippen LogP contribution in [0.2, 0.25) is 0 Å². The van der Waals surface area contributed by atoms with Crippen LogP contribution in [0.25, 0.3) is 0 Å². The third-order valence-corrected chi connectivity index (χ3v) is 6.94. The standard InChI is InChI=1S/C28H42N4O5/c1-18-17-22(18)32(26(35)21(15-16-23(29)33)31-27(36)37-28(2,3)4)24(19-11-7-5-8-12-19)25(34)30-20-13-9-6-10-14-20/h5,7-8,11-12,18,20-22,24H,6,9-10,13-17H2,1-4H3,(H2,29,33)(H,30,34)(H,31,36). The second-order valence-corrected chi connectivity index (χ2v) is 11.4. The largest absolute Gasteiger partial charge is 0.444 e. The van der Waals surface area contributed by atoms with E-state index in [1.807, 2.05) is 37.3 Å². The molecule has 0 aliphatic heterocycles. The van der Waals surface area contributed by atoms with Gasteiger partial charge in [-0.25, -0.2) is 4.79 Å². The lowest BCUT2D eigenvalue weighted by molar-refractivity contribution is -0.144. The molecule has 2 aliphatic rings. The van der Waals surface area contributed by atoms with Crippen LogP contribution in [0, 0.1) is 5.92 Å². The van der Waals surface area contributed by atoms with Crippen molar-refractivity contribution in [2.75, 3.05) is 0 Å². The number of ether oxygens (including phenoxy) is 1. The first-order valence-corrected chi connectivity index (χ1v) is 13.4. The maximum Gasteiger partial charge on any atom is 0.408 e. The molecule has 0 bridgehead atoms. The SMILES string of the molecule is CC1CC1N(C(=O)C(CCC(N)=O)NC(=O)OC(C)(C)C)C(C(=O)NC1CCCCC1)c1ccccc1. The molecule has 2 aliphatic carbocycles. The molecule has 3 rings (SSSR count). The van der Waals surface area contributed by atoms with Gasteiger partial charge >= 0.3 is 6.09 Å². The molecular weight excluding hydrogens is 472 g/mol. The topological polar surface area (TPSA) is 131 Å². The van der Waals surface area contributed by atoms with Crippen molar-refractivity contribution < 1.29 is 23.9 Å². The smallest absolute Gasteiger partial charge is 0.408 e. The maximum absolute atomic E-state index is 14.1. The zero-order valence-corrected chi connectivity index (χ0v) is 22.5. The van der Waals surface area contributed by atoms with Crippen LogP contribution in [-0.2, 0) is 19.1 Å². The number of alkyl carbamates (subject to hydrolysis) is 1. The van der Waals surface area contributed by atoms with Gasteiger partial charge in [-0.1, -0.05) is 56.5 Å². The van der Waals surface area contributed by atoms with Crippen LogP contribution in [0.15, 0.2) is 30.3 Å². The van der Waals surface area contributed by atoms with Crippen LogP contribution in [-0.4, -0.2) is 52.4 Å². The van der Waals surface area contributed by atoms with Gasteiger partial charge in [-0.2, -0.15) is 0 Å². The summed E-state index contributed by atoms with van der Waals surface area (Å²) in [4.78, 5) is 53.7. The first kappa shape index (κ1) is 28.5. The molecule has 0 heterocycles. The van der Waals surface area contributed by atoms with Crippen molar-refractivity contribution in [3.63, 3.8) is 0 Å². The predicted molar refractivity (Wildman–Crippen MR) is 140 cm³/mol. The molecule has 2 fully saturated rings. The zero-order chi connectivity index (χ0) is 27.2. The average Bonchev–Trinajstić information content (AvgIpc) is 3.55. The van der Waals surface area contributed by atoms with Crippen molar-refractivity contribution in [2.24, 2.45) is 11.7 Å². The summed E-state index contributed by atoms with van der Waals surface area (Å²) in [6.45, 7) is 7.22. The summed E-state index contributed by atoms with van der Waals surface area (Å²) in [6, 6.07) is 7.24. The Hall–Kier alpha value is -3.10. The van der Waals surface area contributed by atoms with Crippen LogP contribution in [0.4, 0.5) is 4.79 Å². The molecule has 4 unspecified atom stereocenters. The normalized spacial score (nSPS) is 21.3. The molecule has 9 heteroatoms. The second-order valence-electron chi connectivity index (χ2n) is 11.4. The highest BCUT2D eigenvalue weighted by Crippen LogP contribution is 2.41. The highest BCUT2D eigenvalue weighted by molar-refractivity contribution is 5.93. The van der Waals surface area contributed by atoms with E-state index in [1.165, 1.54) is 0 Å². The van der Waals surface area contributed by atoms with Crippen molar-refractivity contribution in [3.05, 3.63) is 35.9 Å². The number of primary amides is 1. The lowest BCUT2D eigenvalue weighted by Gasteiger charge is -2.36. The Labute approximate surface area is 219 Å². The van der Waals surface area contributed by atoms with Crippen LogP contribution in [0.5, 0.6) is 0 Å². The molecule has 4 amide bonds. The van der Waals surface area contributed by atoms with Crippen LogP contribution < -0.4 is 16.4 Å². The van der Waals surface area contributed by atoms with Crippen LogP contribution in [0.1, 0.15) is 90.7 Å². The fourth-order valence-corrected chi connectivity index (χ4v) is 4.95. The number of nitrogens with one attached hydrogen (secondary N) is 2. The highest BCUT2D eigenvalue weighted by Gasteiger charge is 2.48. The van der Waals surface area contributed by atoms with Crippen molar-refractivity contribution >= 4 is 23.8 Å². The van der Waals surface area contributed by atoms with E-state index in [2.05, 4.69) is 10.6 Å². The van der Waals surface area contributed by atoms with Gasteiger partial charge < -0.3 is 26.0 Å². The van der Waals surface area contributed by atoms with Crippen molar-refractivity contribution in [1.29, 1.82) is 0 Å². The van der Waals surface area contributed by atoms with E-state index in [-0.39, 0.29) is 36.8 Å². The van der Waals surface area contributed by atoms with Gasteiger partial charge in [0.25, 0.3) is 0 Å². The molecule has 0 radical (unpaired) electrons. The van der Waals surface area contributed by atoms with E-state index in [1.54, 1.807) is 25.7 Å². The molecule has 9 nitrogen and oxygen atoms in total. The number of hydrogen-bond acceptors (Lipinski definition) is 5. The first-order valence-electron chi connectivity index (χ1n) is 13.4. The van der Waals surface area contributed by atoms with Crippen LogP contribution >= 0.6 is 0 Å². The number of benzene rings is 1. The molecule has 204 valence electrons. The fourth-order valence-electron chi connectivity index (χ4n) is 4.95. The maximum atomic E-state index is 14.1. The quantitative estimate of drug-likeness (QED) is 0.439. The molecule has 37 heavy (non-hydrogen) atoms. The monoisotopic (exact) mass is 514 g/mol. The van der Waals surface area contributed by atoms with Crippen LogP contribution in [0.3, 0.4) is 0 Å². The van der Waals surface area contributed by atoms with Gasteiger partial charge in [-0.05, 0) is 57.9 Å². The van der Waals surface area contributed by atoms with Gasteiger partial charge in [0.2, 0.25) is 17.7 Å². The lowest BCUT2D eigenvalue weighted by atomic mass is 9.94. The number of amides is 4. The number of carbonyl (C=O) groups excluding carboxylic acids is 4. The summed E-state index contributed by atoms with van der Waals surface area (Å²) in [5.41, 5.74) is 5.31. The summed E-state index contributed by atoms with van der Waals surface area (Å²) in [5, 5.41) is 5.83. The second kappa shape index (κ2) is 12.4. The molecular formula is C28H42N4O5. The molecule has 1 aromatic rings. The van der Waals surface area contributed by atoms with Gasteiger partial charge in [0.15, 0.2) is 0 Å². The zero-order valence-electron chi connectivity index (χ0n) is 22.5. The van der Waals surface area contributed by atoms with E-state index >= 15 is 0 Å². The first-order chi connectivity index (χ1) is 17.5. The lowest BCUT2D eigenvalue weighted by Crippen LogP contribution is -2.55. The minimum Gasteiger partial charge on any atom is -0.444 e. The van der Waals surface area contributed by atoms with Crippen molar-refractivity contribution in [1.82, 2.24) is 15.5 Å². The fraction of sp³-hybridized carbons (Fsp3) is 0.643. The van der Waals surface area contributed by atoms with E-state index in [4.69, 9.17) is 10.5 Å². The van der Waals surface area contributed by atoms with Gasteiger partial charge in [0.1, 0.15) is 17.7 Å². The molecule has 0 aromatic heterocycles. The number of hydrogen-bond donors (Lipinski definition) is 3. The molecule has 1 aromatic carbocycles. The van der Waals surface area contributed by atoms with E-state index in [9.17, 15) is 19.2 Å². The Bertz CT molecular complexity index is 955. The Kier molecular flexibility index (Phi) is 9.56. The average molecular weight is 515 g/mol. The number of nitrogens with zero attached hydrogens (tertiary/aromatic N) is 1. The number of nitrogens with two attached hydrogens (primary N) is 1. The van der Waals surface area contributed by atoms with E-state index < -0.39 is 35.6 Å². The molecule has 0 saturated heterocycles. The van der Waals surface area contributed by atoms with Crippen molar-refractivity contribution in [3.8, 4) is 0 Å². The number of rotatable bonds is 10. The van der Waals surface area contributed by atoms with Gasteiger partial charge in [-0.15, -0.1) is 0 Å². The predicted octanol–water partition coefficient (Wildman–Crippen LogP) is 3.57. The van der Waals surface area contributed by atoms with Crippen molar-refractivity contribution in [2.45, 2.75) is 109 Å². The molecule has 2 saturated carbocycles. The third-order valence-electron chi connectivity index (χ3n) is 6.94. The third kappa shape index (κ3) is 8.47. The summed E-state index contributed by atoms with van der Waals surface area (Å²) in [7, 11) is 0. The summed E-state index contributed by atoms with van der Waals surface area (Å²) < 4.78 is 5.38. The summed E-state index contributed by atoms with van der Waals surface area (Å²) >= 11 is 0. The Balaban J connectivity index is 1.93. The minimum absolute atomic E-state index is 0.0107. The van der Waals surface area contributed by atoms with Gasteiger partial charge in [0.05, 0.1) is 0 Å². The highest BCUT2D eigenvalue weighted by atomic mass is 16.6. The Morgan fingerprint density at radius 3 is 2.24 bits per heavy atom.